The van der Waals surface area contributed by atoms with Crippen molar-refractivity contribution in [1.82, 2.24) is 45.4 Å². The van der Waals surface area contributed by atoms with Gasteiger partial charge in [0.2, 0.25) is 5.91 Å². The van der Waals surface area contributed by atoms with E-state index in [9.17, 15) is 19.2 Å². The number of alkyl carbamates (subject to hydrolysis) is 2. The molecule has 0 bridgehead atoms. The van der Waals surface area contributed by atoms with Gasteiger partial charge in [-0.25, -0.2) is 24.5 Å². The number of imidazole rings is 2. The van der Waals surface area contributed by atoms with E-state index in [4.69, 9.17) is 24.4 Å². The predicted octanol–water partition coefficient (Wildman–Crippen LogP) is 7.88. The summed E-state index contributed by atoms with van der Waals surface area (Å²) < 4.78 is 9.64. The number of H-pyrrole nitrogens is 2. The minimum Gasteiger partial charge on any atom is -0.453 e. The SMILES string of the molecule is CC[C@H](C)C(NC(=O)OC)C(=O)N1CCC[C@H]1c1ncc(-c2ccc3nc(-c4ccc(-c5cnc([C@@H]6CCCN6C(=O)[C@H](NC(=O)OC)c6ccccc6)[nH]5)cc4)ccc3c2)[nH]1. The van der Waals surface area contributed by atoms with Crippen molar-refractivity contribution >= 4 is 34.9 Å². The number of ether oxygens (including phenoxy) is 2. The number of fused-ring (bicyclic) bond motifs is 1. The van der Waals surface area contributed by atoms with Gasteiger partial charge in [0.15, 0.2) is 0 Å². The third-order valence-electron chi connectivity index (χ3n) is 12.2. The molecule has 62 heavy (non-hydrogen) atoms. The van der Waals surface area contributed by atoms with Gasteiger partial charge in [-0.1, -0.05) is 87.0 Å². The quantitative estimate of drug-likeness (QED) is 0.0951. The molecule has 8 rings (SSSR count). The Bertz CT molecular complexity index is 2560. The molecule has 4 N–H and O–H groups in total. The summed E-state index contributed by atoms with van der Waals surface area (Å²) in [7, 11) is 2.58. The number of hydrogen-bond acceptors (Lipinski definition) is 9. The molecular weight excluding hydrogens is 787 g/mol. The van der Waals surface area contributed by atoms with Gasteiger partial charge in [-0.05, 0) is 60.9 Å². The Morgan fingerprint density at radius 2 is 1.31 bits per heavy atom. The van der Waals surface area contributed by atoms with Gasteiger partial charge in [-0.3, -0.25) is 9.59 Å². The minimum atomic E-state index is -0.886. The van der Waals surface area contributed by atoms with Gasteiger partial charge in [0.1, 0.15) is 23.7 Å². The summed E-state index contributed by atoms with van der Waals surface area (Å²) in [5.74, 6) is 0.997. The van der Waals surface area contributed by atoms with Crippen molar-refractivity contribution in [3.8, 4) is 33.8 Å². The fourth-order valence-electron chi connectivity index (χ4n) is 8.53. The zero-order valence-corrected chi connectivity index (χ0v) is 35.3. The van der Waals surface area contributed by atoms with Gasteiger partial charge in [-0.15, -0.1) is 0 Å². The fourth-order valence-corrected chi connectivity index (χ4v) is 8.53. The van der Waals surface area contributed by atoms with E-state index in [2.05, 4.69) is 32.7 Å². The van der Waals surface area contributed by atoms with Crippen LogP contribution in [0, 0.1) is 5.92 Å². The summed E-state index contributed by atoms with van der Waals surface area (Å²) in [6, 6.07) is 25.4. The highest BCUT2D eigenvalue weighted by molar-refractivity contribution is 5.88. The summed E-state index contributed by atoms with van der Waals surface area (Å²) in [4.78, 5) is 76.9. The second-order valence-corrected chi connectivity index (χ2v) is 15.9. The van der Waals surface area contributed by atoms with E-state index < -0.39 is 24.3 Å². The third-order valence-corrected chi connectivity index (χ3v) is 12.2. The maximum Gasteiger partial charge on any atom is 0.407 e. The number of amides is 4. The Labute approximate surface area is 359 Å². The first kappa shape index (κ1) is 41.7. The van der Waals surface area contributed by atoms with E-state index in [1.165, 1.54) is 14.2 Å². The van der Waals surface area contributed by atoms with E-state index in [1.54, 1.807) is 17.3 Å². The maximum absolute atomic E-state index is 13.9. The van der Waals surface area contributed by atoms with Gasteiger partial charge in [-0.2, -0.15) is 0 Å². The van der Waals surface area contributed by atoms with Crippen LogP contribution in [0.4, 0.5) is 9.59 Å². The summed E-state index contributed by atoms with van der Waals surface area (Å²) in [5.41, 5.74) is 6.89. The van der Waals surface area contributed by atoms with Crippen molar-refractivity contribution < 1.29 is 28.7 Å². The number of likely N-dealkylation sites (tertiary alicyclic amines) is 2. The molecule has 5 atom stereocenters. The monoisotopic (exact) mass is 837 g/mol. The van der Waals surface area contributed by atoms with Crippen LogP contribution in [0.3, 0.4) is 0 Å². The lowest BCUT2D eigenvalue weighted by Crippen LogP contribution is -2.51. The lowest BCUT2D eigenvalue weighted by atomic mass is 9.97. The van der Waals surface area contributed by atoms with Crippen molar-refractivity contribution in [2.24, 2.45) is 5.92 Å². The molecule has 1 unspecified atom stereocenters. The van der Waals surface area contributed by atoms with E-state index in [1.807, 2.05) is 91.5 Å². The molecule has 2 aliphatic rings. The zero-order valence-electron chi connectivity index (χ0n) is 35.3. The van der Waals surface area contributed by atoms with Gasteiger partial charge < -0.3 is 39.9 Å². The topological polar surface area (TPSA) is 188 Å². The number of pyridine rings is 1. The molecule has 0 aliphatic carbocycles. The van der Waals surface area contributed by atoms with Crippen LogP contribution in [-0.4, -0.2) is 92.1 Å². The molecule has 320 valence electrons. The standard InChI is InChI=1S/C47H51N9O6/c1-5-28(2)40(53-46(59)61-3)44(57)55-23-9-13-38(55)43-49-27-37(52-43)33-20-22-35-32(25-33)19-21-34(50-35)29-15-17-30(18-16-29)36-26-48-42(51-36)39-14-10-24-56(39)45(58)41(54-47(60)62-4)31-11-7-6-8-12-31/h6-8,11-12,15-22,25-28,38-41H,5,9-10,13-14,23-24H2,1-4H3,(H,48,51)(H,49,52)(H,53,59)(H,54,60)/t28-,38-,39-,40?,41+/m0/s1. The molecule has 2 saturated heterocycles. The lowest BCUT2D eigenvalue weighted by Gasteiger charge is -2.30. The van der Waals surface area contributed by atoms with Crippen molar-refractivity contribution in [3.05, 3.63) is 115 Å². The summed E-state index contributed by atoms with van der Waals surface area (Å²) in [6.45, 7) is 5.09. The van der Waals surface area contributed by atoms with Crippen molar-refractivity contribution in [2.75, 3.05) is 27.3 Å². The third kappa shape index (κ3) is 8.60. The van der Waals surface area contributed by atoms with Crippen LogP contribution in [0.2, 0.25) is 0 Å². The molecule has 6 aromatic rings. The van der Waals surface area contributed by atoms with Crippen molar-refractivity contribution in [3.63, 3.8) is 0 Å². The van der Waals surface area contributed by atoms with Crippen molar-refractivity contribution in [2.45, 2.75) is 70.1 Å². The smallest absolute Gasteiger partial charge is 0.407 e. The molecule has 3 aromatic carbocycles. The molecule has 0 saturated carbocycles. The van der Waals surface area contributed by atoms with Crippen LogP contribution in [0.15, 0.2) is 97.3 Å². The van der Waals surface area contributed by atoms with Crippen LogP contribution >= 0.6 is 0 Å². The number of rotatable bonds is 12. The highest BCUT2D eigenvalue weighted by atomic mass is 16.5. The van der Waals surface area contributed by atoms with Crippen LogP contribution in [-0.2, 0) is 19.1 Å². The number of carbonyl (C=O) groups is 4. The molecule has 2 aliphatic heterocycles. The number of benzene rings is 3. The molecule has 0 radical (unpaired) electrons. The Morgan fingerprint density at radius 1 is 0.726 bits per heavy atom. The highest BCUT2D eigenvalue weighted by Gasteiger charge is 2.39. The number of nitrogens with one attached hydrogen (secondary N) is 4. The van der Waals surface area contributed by atoms with Crippen LogP contribution in [0.25, 0.3) is 44.7 Å². The van der Waals surface area contributed by atoms with Crippen molar-refractivity contribution in [1.29, 1.82) is 0 Å². The summed E-state index contributed by atoms with van der Waals surface area (Å²) >= 11 is 0. The summed E-state index contributed by atoms with van der Waals surface area (Å²) in [5, 5.41) is 6.44. The van der Waals surface area contributed by atoms with E-state index >= 15 is 0 Å². The van der Waals surface area contributed by atoms with Crippen LogP contribution in [0.1, 0.15) is 81.3 Å². The molecule has 15 nitrogen and oxygen atoms in total. The maximum atomic E-state index is 13.9. The zero-order chi connectivity index (χ0) is 43.3. The first-order valence-corrected chi connectivity index (χ1v) is 21.1. The average Bonchev–Trinajstić information content (AvgIpc) is 4.17. The normalized spacial score (nSPS) is 17.7. The molecule has 4 amide bonds. The summed E-state index contributed by atoms with van der Waals surface area (Å²) in [6.07, 6.45) is 6.20. The number of aromatic nitrogens is 5. The average molecular weight is 838 g/mol. The molecule has 3 aromatic heterocycles. The fraction of sp³-hybridized carbons (Fsp3) is 0.340. The van der Waals surface area contributed by atoms with E-state index in [0.29, 0.717) is 30.3 Å². The first-order chi connectivity index (χ1) is 30.1. The second-order valence-electron chi connectivity index (χ2n) is 15.9. The van der Waals surface area contributed by atoms with E-state index in [-0.39, 0.29) is 29.8 Å². The second kappa shape index (κ2) is 18.3. The molecule has 15 heteroatoms. The molecule has 5 heterocycles. The van der Waals surface area contributed by atoms with Gasteiger partial charge >= 0.3 is 12.2 Å². The largest absolute Gasteiger partial charge is 0.453 e. The first-order valence-electron chi connectivity index (χ1n) is 21.1. The Balaban J connectivity index is 0.942. The number of aromatic amines is 2. The Kier molecular flexibility index (Phi) is 12.3. The number of carbonyl (C=O) groups excluding carboxylic acids is 4. The molecular formula is C47H51N9O6. The van der Waals surface area contributed by atoms with Crippen LogP contribution in [0.5, 0.6) is 0 Å². The highest BCUT2D eigenvalue weighted by Crippen LogP contribution is 2.36. The van der Waals surface area contributed by atoms with Gasteiger partial charge in [0.25, 0.3) is 5.91 Å². The number of methoxy groups -OCH3 is 2. The van der Waals surface area contributed by atoms with E-state index in [0.717, 1.165) is 76.8 Å². The molecule has 0 spiro atoms. The lowest BCUT2D eigenvalue weighted by molar-refractivity contribution is -0.136. The number of nitrogens with zero attached hydrogens (tertiary/aromatic N) is 5. The Hall–Kier alpha value is -7.03. The predicted molar refractivity (Wildman–Crippen MR) is 233 cm³/mol. The Morgan fingerprint density at radius 3 is 1.94 bits per heavy atom. The minimum absolute atomic E-state index is 0.0630. The number of hydrogen-bond donors (Lipinski definition) is 4. The molecule has 2 fully saturated rings. The van der Waals surface area contributed by atoms with Gasteiger partial charge in [0.05, 0.1) is 61.3 Å². The van der Waals surface area contributed by atoms with Crippen LogP contribution < -0.4 is 10.6 Å². The van der Waals surface area contributed by atoms with Gasteiger partial charge in [0, 0.05) is 29.6 Å².